The van der Waals surface area contributed by atoms with Crippen LogP contribution < -0.4 is 10.6 Å². The average Bonchev–Trinajstić information content (AvgIpc) is 2.94. The van der Waals surface area contributed by atoms with Crippen LogP contribution in [0.4, 0.5) is 0 Å². The highest BCUT2D eigenvalue weighted by Crippen LogP contribution is 2.19. The van der Waals surface area contributed by atoms with Gasteiger partial charge in [0.25, 0.3) is 0 Å². The predicted octanol–water partition coefficient (Wildman–Crippen LogP) is 1.84. The van der Waals surface area contributed by atoms with E-state index in [-0.39, 0.29) is 18.5 Å². The van der Waals surface area contributed by atoms with Crippen LogP contribution in [0.5, 0.6) is 0 Å². The number of benzene rings is 1. The maximum Gasteiger partial charge on any atom is 0.0716 e. The standard InChI is InChI=1S/C17H21N3O.ClH/c21-17-12-20-11-16(17)10-19-9-13-2-1-3-15(8-13)14-4-6-18-7-5-14;/h1-8,16-17,19-21H,9-12H2;1H. The van der Waals surface area contributed by atoms with Gasteiger partial charge in [0, 0.05) is 44.5 Å². The minimum atomic E-state index is -0.222. The Morgan fingerprint density at radius 2 is 1.95 bits per heavy atom. The first-order valence-electron chi connectivity index (χ1n) is 7.42. The monoisotopic (exact) mass is 319 g/mol. The van der Waals surface area contributed by atoms with Crippen LogP contribution in [0, 0.1) is 5.92 Å². The number of pyridine rings is 1. The number of halogens is 1. The van der Waals surface area contributed by atoms with Crippen LogP contribution in [0.1, 0.15) is 5.56 Å². The van der Waals surface area contributed by atoms with E-state index >= 15 is 0 Å². The molecule has 2 unspecified atom stereocenters. The van der Waals surface area contributed by atoms with Gasteiger partial charge in [0.05, 0.1) is 6.10 Å². The molecule has 2 atom stereocenters. The van der Waals surface area contributed by atoms with Crippen LogP contribution in [-0.4, -0.2) is 35.8 Å². The summed E-state index contributed by atoms with van der Waals surface area (Å²) >= 11 is 0. The largest absolute Gasteiger partial charge is 0.391 e. The molecule has 1 aliphatic heterocycles. The molecule has 5 heteroatoms. The van der Waals surface area contributed by atoms with Crippen LogP contribution >= 0.6 is 12.4 Å². The molecule has 1 fully saturated rings. The second kappa shape index (κ2) is 8.25. The highest BCUT2D eigenvalue weighted by molar-refractivity contribution is 5.85. The van der Waals surface area contributed by atoms with Crippen molar-refractivity contribution in [1.29, 1.82) is 0 Å². The van der Waals surface area contributed by atoms with Gasteiger partial charge in [-0.2, -0.15) is 0 Å². The maximum absolute atomic E-state index is 9.77. The fraction of sp³-hybridized carbons (Fsp3) is 0.353. The lowest BCUT2D eigenvalue weighted by atomic mass is 10.0. The zero-order valence-corrected chi connectivity index (χ0v) is 13.2. The third-order valence-corrected chi connectivity index (χ3v) is 3.98. The molecule has 22 heavy (non-hydrogen) atoms. The molecule has 1 aliphatic rings. The Hall–Kier alpha value is -1.46. The van der Waals surface area contributed by atoms with Crippen LogP contribution in [0.2, 0.25) is 0 Å². The van der Waals surface area contributed by atoms with Gasteiger partial charge < -0.3 is 15.7 Å². The van der Waals surface area contributed by atoms with E-state index in [1.165, 1.54) is 16.7 Å². The molecule has 2 aromatic rings. The maximum atomic E-state index is 9.77. The molecule has 2 heterocycles. The molecule has 3 rings (SSSR count). The zero-order chi connectivity index (χ0) is 14.5. The molecular formula is C17H22ClN3O. The Kier molecular flexibility index (Phi) is 6.34. The van der Waals surface area contributed by atoms with Crippen molar-refractivity contribution in [3.8, 4) is 11.1 Å². The fourth-order valence-electron chi connectivity index (χ4n) is 2.73. The molecule has 4 nitrogen and oxygen atoms in total. The molecule has 1 aromatic carbocycles. The van der Waals surface area contributed by atoms with E-state index in [4.69, 9.17) is 0 Å². The molecule has 0 bridgehead atoms. The van der Waals surface area contributed by atoms with Gasteiger partial charge in [0.15, 0.2) is 0 Å². The number of hydrogen-bond donors (Lipinski definition) is 3. The van der Waals surface area contributed by atoms with Crippen molar-refractivity contribution in [2.75, 3.05) is 19.6 Å². The number of aromatic nitrogens is 1. The lowest BCUT2D eigenvalue weighted by Crippen LogP contribution is -2.30. The Bertz CT molecular complexity index is 579. The lowest BCUT2D eigenvalue weighted by Gasteiger charge is -2.14. The molecule has 0 aliphatic carbocycles. The zero-order valence-electron chi connectivity index (χ0n) is 12.4. The van der Waals surface area contributed by atoms with Gasteiger partial charge in [-0.3, -0.25) is 4.98 Å². The van der Waals surface area contributed by atoms with Gasteiger partial charge in [-0.15, -0.1) is 12.4 Å². The Labute approximate surface area is 137 Å². The van der Waals surface area contributed by atoms with Crippen molar-refractivity contribution in [2.24, 2.45) is 5.92 Å². The van der Waals surface area contributed by atoms with Crippen LogP contribution in [0.25, 0.3) is 11.1 Å². The smallest absolute Gasteiger partial charge is 0.0716 e. The van der Waals surface area contributed by atoms with E-state index in [9.17, 15) is 5.11 Å². The molecule has 118 valence electrons. The first-order chi connectivity index (χ1) is 10.3. The van der Waals surface area contributed by atoms with Crippen molar-refractivity contribution in [2.45, 2.75) is 12.6 Å². The van der Waals surface area contributed by atoms with E-state index in [0.717, 1.165) is 19.6 Å². The lowest BCUT2D eigenvalue weighted by molar-refractivity contribution is 0.146. The summed E-state index contributed by atoms with van der Waals surface area (Å²) in [6.45, 7) is 3.27. The summed E-state index contributed by atoms with van der Waals surface area (Å²) < 4.78 is 0. The molecular weight excluding hydrogens is 298 g/mol. The highest BCUT2D eigenvalue weighted by Gasteiger charge is 2.23. The normalized spacial score (nSPS) is 20.6. The second-order valence-electron chi connectivity index (χ2n) is 5.55. The van der Waals surface area contributed by atoms with Gasteiger partial charge >= 0.3 is 0 Å². The number of nitrogens with one attached hydrogen (secondary N) is 2. The van der Waals surface area contributed by atoms with E-state index in [2.05, 4.69) is 39.9 Å². The third-order valence-electron chi connectivity index (χ3n) is 3.98. The Morgan fingerprint density at radius 3 is 2.68 bits per heavy atom. The minimum absolute atomic E-state index is 0. The first kappa shape index (κ1) is 16.9. The number of nitrogens with zero attached hydrogens (tertiary/aromatic N) is 1. The van der Waals surface area contributed by atoms with E-state index in [0.29, 0.717) is 12.5 Å². The highest BCUT2D eigenvalue weighted by atomic mass is 35.5. The number of aliphatic hydroxyl groups is 1. The fourth-order valence-corrected chi connectivity index (χ4v) is 2.73. The molecule has 3 N–H and O–H groups in total. The summed E-state index contributed by atoms with van der Waals surface area (Å²) in [7, 11) is 0. The minimum Gasteiger partial charge on any atom is -0.391 e. The van der Waals surface area contributed by atoms with E-state index < -0.39 is 0 Å². The third kappa shape index (κ3) is 4.27. The number of hydrogen-bond acceptors (Lipinski definition) is 4. The number of aliphatic hydroxyl groups excluding tert-OH is 1. The van der Waals surface area contributed by atoms with Gasteiger partial charge in [-0.1, -0.05) is 18.2 Å². The summed E-state index contributed by atoms with van der Waals surface area (Å²) in [5.41, 5.74) is 3.64. The summed E-state index contributed by atoms with van der Waals surface area (Å²) in [4.78, 5) is 4.05. The summed E-state index contributed by atoms with van der Waals surface area (Å²) in [5.74, 6) is 0.313. The van der Waals surface area contributed by atoms with Crippen molar-refractivity contribution < 1.29 is 5.11 Å². The number of β-amino-alcohol motifs (C(OH)–C–C–N with tert-alkyl or cyclic N) is 1. The second-order valence-corrected chi connectivity index (χ2v) is 5.55. The van der Waals surface area contributed by atoms with E-state index in [1.807, 2.05) is 24.5 Å². The summed E-state index contributed by atoms with van der Waals surface area (Å²) in [6.07, 6.45) is 3.41. The molecule has 1 saturated heterocycles. The molecule has 1 aromatic heterocycles. The van der Waals surface area contributed by atoms with Crippen LogP contribution in [0.15, 0.2) is 48.8 Å². The molecule has 0 saturated carbocycles. The average molecular weight is 320 g/mol. The van der Waals surface area contributed by atoms with Crippen LogP contribution in [0.3, 0.4) is 0 Å². The van der Waals surface area contributed by atoms with Crippen molar-refractivity contribution in [1.82, 2.24) is 15.6 Å². The van der Waals surface area contributed by atoms with Crippen molar-refractivity contribution >= 4 is 12.4 Å². The first-order valence-corrected chi connectivity index (χ1v) is 7.42. The molecule has 0 radical (unpaired) electrons. The summed E-state index contributed by atoms with van der Waals surface area (Å²) in [6, 6.07) is 12.6. The quantitative estimate of drug-likeness (QED) is 0.787. The molecule has 0 amide bonds. The number of rotatable bonds is 5. The predicted molar refractivity (Wildman–Crippen MR) is 91.0 cm³/mol. The van der Waals surface area contributed by atoms with Gasteiger partial charge in [0.2, 0.25) is 0 Å². The Balaban J connectivity index is 0.00000176. The van der Waals surface area contributed by atoms with Gasteiger partial charge in [-0.05, 0) is 34.9 Å². The van der Waals surface area contributed by atoms with Crippen molar-refractivity contribution in [3.05, 3.63) is 54.4 Å². The van der Waals surface area contributed by atoms with E-state index in [1.54, 1.807) is 0 Å². The van der Waals surface area contributed by atoms with Gasteiger partial charge in [0.1, 0.15) is 0 Å². The topological polar surface area (TPSA) is 57.2 Å². The SMILES string of the molecule is Cl.OC1CNCC1CNCc1cccc(-c2ccncc2)c1. The van der Waals surface area contributed by atoms with Crippen LogP contribution in [-0.2, 0) is 6.54 Å². The summed E-state index contributed by atoms with van der Waals surface area (Å²) in [5, 5.41) is 16.4. The van der Waals surface area contributed by atoms with Gasteiger partial charge in [-0.25, -0.2) is 0 Å². The Morgan fingerprint density at radius 1 is 1.14 bits per heavy atom. The van der Waals surface area contributed by atoms with Crippen molar-refractivity contribution in [3.63, 3.8) is 0 Å². The molecule has 0 spiro atoms.